The van der Waals surface area contributed by atoms with Gasteiger partial charge in [-0.3, -0.25) is 9.59 Å². The number of ether oxygens (including phenoxy) is 2. The molecule has 2 amide bonds. The molecule has 25 heavy (non-hydrogen) atoms. The van der Waals surface area contributed by atoms with Gasteiger partial charge in [-0.15, -0.1) is 0 Å². The van der Waals surface area contributed by atoms with Gasteiger partial charge in [0, 0.05) is 19.2 Å². The fourth-order valence-electron chi connectivity index (χ4n) is 2.65. The Morgan fingerprint density at radius 2 is 2.00 bits per heavy atom. The first-order valence-electron chi connectivity index (χ1n) is 7.73. The molecule has 0 aliphatic carbocycles. The predicted molar refractivity (Wildman–Crippen MR) is 92.6 cm³/mol. The van der Waals surface area contributed by atoms with Crippen LogP contribution >= 0.6 is 0 Å². The quantitative estimate of drug-likeness (QED) is 0.739. The van der Waals surface area contributed by atoms with E-state index in [0.717, 1.165) is 0 Å². The van der Waals surface area contributed by atoms with Crippen molar-refractivity contribution in [3.05, 3.63) is 18.2 Å². The van der Waals surface area contributed by atoms with E-state index in [-0.39, 0.29) is 24.0 Å². The largest absolute Gasteiger partial charge is 0.497 e. The lowest BCUT2D eigenvalue weighted by molar-refractivity contribution is -0.134. The zero-order chi connectivity index (χ0) is 18.6. The van der Waals surface area contributed by atoms with Crippen molar-refractivity contribution in [2.45, 2.75) is 18.9 Å². The number of rotatable bonds is 6. The highest BCUT2D eigenvalue weighted by molar-refractivity contribution is 7.91. The summed E-state index contributed by atoms with van der Waals surface area (Å²) in [5, 5.41) is 2.62. The second-order valence-corrected chi connectivity index (χ2v) is 8.08. The number of carbonyl (C=O) groups excluding carboxylic acids is 2. The van der Waals surface area contributed by atoms with Crippen LogP contribution in [0.25, 0.3) is 0 Å². The Morgan fingerprint density at radius 1 is 1.28 bits per heavy atom. The second-order valence-electron chi connectivity index (χ2n) is 5.85. The molecule has 8 nitrogen and oxygen atoms in total. The number of hydrogen-bond donors (Lipinski definition) is 1. The number of hydrogen-bond acceptors (Lipinski definition) is 6. The van der Waals surface area contributed by atoms with Gasteiger partial charge >= 0.3 is 0 Å². The lowest BCUT2D eigenvalue weighted by atomic mass is 10.2. The first kappa shape index (κ1) is 19.0. The third kappa shape index (κ3) is 4.85. The van der Waals surface area contributed by atoms with Gasteiger partial charge in [0.25, 0.3) is 0 Å². The Balaban J connectivity index is 1.99. The summed E-state index contributed by atoms with van der Waals surface area (Å²) in [6, 6.07) is 4.55. The first-order chi connectivity index (χ1) is 11.8. The zero-order valence-corrected chi connectivity index (χ0v) is 15.3. The maximum absolute atomic E-state index is 12.2. The molecular formula is C16H22N2O6S. The third-order valence-electron chi connectivity index (χ3n) is 4.14. The van der Waals surface area contributed by atoms with Gasteiger partial charge in [0.05, 0.1) is 31.4 Å². The molecule has 9 heteroatoms. The van der Waals surface area contributed by atoms with Crippen molar-refractivity contribution in [3.63, 3.8) is 0 Å². The monoisotopic (exact) mass is 370 g/mol. The van der Waals surface area contributed by atoms with Gasteiger partial charge in [-0.1, -0.05) is 0 Å². The minimum atomic E-state index is -3.09. The van der Waals surface area contributed by atoms with Crippen molar-refractivity contribution in [1.82, 2.24) is 4.90 Å². The van der Waals surface area contributed by atoms with Gasteiger partial charge in [-0.2, -0.15) is 0 Å². The molecular weight excluding hydrogens is 348 g/mol. The van der Waals surface area contributed by atoms with Crippen LogP contribution in [0.1, 0.15) is 12.8 Å². The molecule has 1 aromatic rings. The minimum Gasteiger partial charge on any atom is -0.497 e. The van der Waals surface area contributed by atoms with Crippen LogP contribution in [-0.4, -0.2) is 63.9 Å². The molecule has 2 rings (SSSR count). The average Bonchev–Trinajstić information content (AvgIpc) is 2.93. The summed E-state index contributed by atoms with van der Waals surface area (Å²) >= 11 is 0. The van der Waals surface area contributed by atoms with E-state index in [9.17, 15) is 18.0 Å². The van der Waals surface area contributed by atoms with Gasteiger partial charge < -0.3 is 19.7 Å². The summed E-state index contributed by atoms with van der Waals surface area (Å²) in [7, 11) is 1.40. The van der Waals surface area contributed by atoms with Crippen LogP contribution in [0.2, 0.25) is 0 Å². The highest BCUT2D eigenvalue weighted by atomic mass is 32.2. The molecule has 0 bridgehead atoms. The van der Waals surface area contributed by atoms with E-state index in [2.05, 4.69) is 5.32 Å². The van der Waals surface area contributed by atoms with Crippen LogP contribution in [0.5, 0.6) is 11.5 Å². The summed E-state index contributed by atoms with van der Waals surface area (Å²) in [4.78, 5) is 25.7. The van der Waals surface area contributed by atoms with Gasteiger partial charge in [0.15, 0.2) is 9.84 Å². The maximum Gasteiger partial charge on any atom is 0.233 e. The van der Waals surface area contributed by atoms with E-state index in [1.807, 2.05) is 0 Å². The normalized spacial score (nSPS) is 18.4. The molecule has 0 radical (unpaired) electrons. The standard InChI is InChI=1S/C16H22N2O6S/c1-18(11-6-7-25(21,22)10-11)16(20)9-15(19)17-13-8-12(23-2)4-5-14(13)24-3/h4-5,8,11H,6-7,9-10H2,1-3H3,(H,17,19). The molecule has 1 heterocycles. The summed E-state index contributed by atoms with van der Waals surface area (Å²) in [6.45, 7) is 0. The molecule has 0 aromatic heterocycles. The second kappa shape index (κ2) is 7.73. The molecule has 1 atom stereocenters. The summed E-state index contributed by atoms with van der Waals surface area (Å²) in [5.41, 5.74) is 0.394. The SMILES string of the molecule is COc1ccc(OC)c(NC(=O)CC(=O)N(C)C2CCS(=O)(=O)C2)c1. The molecule has 1 fully saturated rings. The summed E-state index contributed by atoms with van der Waals surface area (Å²) < 4.78 is 33.3. The van der Waals surface area contributed by atoms with E-state index in [1.54, 1.807) is 18.2 Å². The zero-order valence-electron chi connectivity index (χ0n) is 14.4. The number of benzene rings is 1. The molecule has 1 saturated heterocycles. The molecule has 0 saturated carbocycles. The number of nitrogens with zero attached hydrogens (tertiary/aromatic N) is 1. The van der Waals surface area contributed by atoms with Crippen molar-refractivity contribution in [2.75, 3.05) is 38.1 Å². The minimum absolute atomic E-state index is 0.0550. The third-order valence-corrected chi connectivity index (χ3v) is 5.89. The molecule has 0 spiro atoms. The smallest absolute Gasteiger partial charge is 0.233 e. The Morgan fingerprint density at radius 3 is 2.56 bits per heavy atom. The number of amides is 2. The van der Waals surface area contributed by atoms with Gasteiger partial charge in [0.2, 0.25) is 11.8 Å². The average molecular weight is 370 g/mol. The number of methoxy groups -OCH3 is 2. The lowest BCUT2D eigenvalue weighted by Crippen LogP contribution is -2.39. The number of anilines is 1. The topological polar surface area (TPSA) is 102 Å². The Bertz CT molecular complexity index is 762. The van der Waals surface area contributed by atoms with Crippen molar-refractivity contribution < 1.29 is 27.5 Å². The van der Waals surface area contributed by atoms with Crippen molar-refractivity contribution in [3.8, 4) is 11.5 Å². The van der Waals surface area contributed by atoms with E-state index >= 15 is 0 Å². The van der Waals surface area contributed by atoms with Crippen LogP contribution in [0.15, 0.2) is 18.2 Å². The molecule has 1 aliphatic rings. The first-order valence-corrected chi connectivity index (χ1v) is 9.56. The van der Waals surface area contributed by atoms with Crippen LogP contribution < -0.4 is 14.8 Å². The summed E-state index contributed by atoms with van der Waals surface area (Å²) in [5.74, 6) is 0.0570. The van der Waals surface area contributed by atoms with E-state index in [0.29, 0.717) is 23.6 Å². The fourth-order valence-corrected chi connectivity index (χ4v) is 4.43. The number of sulfone groups is 1. The van der Waals surface area contributed by atoms with E-state index in [1.165, 1.54) is 26.2 Å². The summed E-state index contributed by atoms with van der Waals surface area (Å²) in [6.07, 6.45) is 0.0172. The highest BCUT2D eigenvalue weighted by Crippen LogP contribution is 2.29. The molecule has 1 N–H and O–H groups in total. The van der Waals surface area contributed by atoms with Crippen molar-refractivity contribution >= 4 is 27.3 Å². The van der Waals surface area contributed by atoms with Crippen LogP contribution in [0, 0.1) is 0 Å². The van der Waals surface area contributed by atoms with Gasteiger partial charge in [0.1, 0.15) is 17.9 Å². The molecule has 1 unspecified atom stereocenters. The van der Waals surface area contributed by atoms with Crippen molar-refractivity contribution in [2.24, 2.45) is 0 Å². The molecule has 1 aliphatic heterocycles. The van der Waals surface area contributed by atoms with Gasteiger partial charge in [-0.05, 0) is 18.6 Å². The Hall–Kier alpha value is -2.29. The van der Waals surface area contributed by atoms with Crippen LogP contribution in [0.3, 0.4) is 0 Å². The van der Waals surface area contributed by atoms with Gasteiger partial charge in [-0.25, -0.2) is 8.42 Å². The highest BCUT2D eigenvalue weighted by Gasteiger charge is 2.33. The predicted octanol–water partition coefficient (Wildman–Crippen LogP) is 0.678. The van der Waals surface area contributed by atoms with E-state index < -0.39 is 21.7 Å². The molecule has 138 valence electrons. The molecule has 1 aromatic carbocycles. The Kier molecular flexibility index (Phi) is 5.89. The van der Waals surface area contributed by atoms with Crippen LogP contribution in [0.4, 0.5) is 5.69 Å². The lowest BCUT2D eigenvalue weighted by Gasteiger charge is -2.23. The van der Waals surface area contributed by atoms with Crippen molar-refractivity contribution in [1.29, 1.82) is 0 Å². The Labute approximate surface area is 147 Å². The van der Waals surface area contributed by atoms with Crippen LogP contribution in [-0.2, 0) is 19.4 Å². The van der Waals surface area contributed by atoms with E-state index in [4.69, 9.17) is 9.47 Å². The fraction of sp³-hybridized carbons (Fsp3) is 0.500. The number of carbonyl (C=O) groups is 2. The number of nitrogens with one attached hydrogen (secondary N) is 1. The maximum atomic E-state index is 12.2.